The maximum atomic E-state index is 13.3. The van der Waals surface area contributed by atoms with Crippen LogP contribution in [0.3, 0.4) is 0 Å². The molecular weight excluding hydrogens is 305 g/mol. The molecule has 0 heterocycles. The van der Waals surface area contributed by atoms with Gasteiger partial charge in [-0.3, -0.25) is 11.3 Å². The van der Waals surface area contributed by atoms with E-state index >= 15 is 0 Å². The van der Waals surface area contributed by atoms with Crippen molar-refractivity contribution in [3.63, 3.8) is 0 Å². The van der Waals surface area contributed by atoms with Gasteiger partial charge in [0.1, 0.15) is 0 Å². The number of nitrogens with one attached hydrogen (secondary N) is 1. The van der Waals surface area contributed by atoms with Crippen LogP contribution >= 0.6 is 23.2 Å². The van der Waals surface area contributed by atoms with Gasteiger partial charge in [0.25, 0.3) is 0 Å². The lowest BCUT2D eigenvalue weighted by Gasteiger charge is -2.17. The maximum Gasteiger partial charge on any atom is 0.159 e. The third kappa shape index (κ3) is 3.27. The van der Waals surface area contributed by atoms with E-state index in [1.165, 1.54) is 6.07 Å². The normalized spacial score (nSPS) is 12.4. The van der Waals surface area contributed by atoms with Crippen LogP contribution < -0.4 is 11.3 Å². The van der Waals surface area contributed by atoms with Gasteiger partial charge in [-0.15, -0.1) is 0 Å². The Balaban J connectivity index is 2.28. The van der Waals surface area contributed by atoms with E-state index in [1.807, 2.05) is 0 Å². The topological polar surface area (TPSA) is 38.0 Å². The fourth-order valence-corrected chi connectivity index (χ4v) is 2.33. The summed E-state index contributed by atoms with van der Waals surface area (Å²) in [6, 6.07) is 8.49. The summed E-state index contributed by atoms with van der Waals surface area (Å²) in [5, 5.41) is 0.863. The fraction of sp³-hybridized carbons (Fsp3) is 0.143. The van der Waals surface area contributed by atoms with Crippen molar-refractivity contribution in [2.75, 3.05) is 0 Å². The Morgan fingerprint density at radius 2 is 1.85 bits per heavy atom. The molecule has 3 N–H and O–H groups in total. The summed E-state index contributed by atoms with van der Waals surface area (Å²) in [6.45, 7) is 0. The molecule has 2 rings (SSSR count). The second kappa shape index (κ2) is 6.50. The second-order valence-corrected chi connectivity index (χ2v) is 5.10. The Morgan fingerprint density at radius 3 is 2.50 bits per heavy atom. The molecule has 0 radical (unpaired) electrons. The first-order valence-corrected chi connectivity index (χ1v) is 6.62. The number of benzene rings is 2. The van der Waals surface area contributed by atoms with Crippen molar-refractivity contribution in [2.45, 2.75) is 12.5 Å². The molecule has 1 unspecified atom stereocenters. The van der Waals surface area contributed by atoms with Crippen molar-refractivity contribution in [3.8, 4) is 0 Å². The maximum absolute atomic E-state index is 13.3. The summed E-state index contributed by atoms with van der Waals surface area (Å²) in [5.74, 6) is 3.67. The molecule has 2 nitrogen and oxygen atoms in total. The Hall–Kier alpha value is -1.20. The molecule has 106 valence electrons. The fourth-order valence-electron chi connectivity index (χ4n) is 1.93. The summed E-state index contributed by atoms with van der Waals surface area (Å²) in [5.41, 5.74) is 3.87. The smallest absolute Gasteiger partial charge is 0.159 e. The highest BCUT2D eigenvalue weighted by atomic mass is 35.5. The van der Waals surface area contributed by atoms with Crippen LogP contribution in [0.1, 0.15) is 17.2 Å². The van der Waals surface area contributed by atoms with Gasteiger partial charge in [0.05, 0.1) is 16.1 Å². The molecule has 0 aliphatic carbocycles. The predicted octanol–water partition coefficient (Wildman–Crippen LogP) is 4.02. The Labute approximate surface area is 125 Å². The highest BCUT2D eigenvalue weighted by Gasteiger charge is 2.15. The summed E-state index contributed by atoms with van der Waals surface area (Å²) in [4.78, 5) is 0. The SMILES string of the molecule is NNC(Cc1cccc(Cl)c1Cl)c1ccc(F)c(F)c1. The van der Waals surface area contributed by atoms with Crippen molar-refractivity contribution >= 4 is 23.2 Å². The van der Waals surface area contributed by atoms with Crippen LogP contribution in [0.4, 0.5) is 8.78 Å². The molecule has 0 saturated heterocycles. The lowest BCUT2D eigenvalue weighted by Crippen LogP contribution is -2.29. The van der Waals surface area contributed by atoms with E-state index in [4.69, 9.17) is 29.0 Å². The van der Waals surface area contributed by atoms with E-state index in [9.17, 15) is 8.78 Å². The highest BCUT2D eigenvalue weighted by molar-refractivity contribution is 6.42. The molecule has 20 heavy (non-hydrogen) atoms. The molecule has 6 heteroatoms. The molecule has 0 bridgehead atoms. The first-order chi connectivity index (χ1) is 9.52. The van der Waals surface area contributed by atoms with Crippen molar-refractivity contribution in [1.29, 1.82) is 0 Å². The Morgan fingerprint density at radius 1 is 1.10 bits per heavy atom. The minimum atomic E-state index is -0.917. The average Bonchev–Trinajstić information content (AvgIpc) is 2.44. The van der Waals surface area contributed by atoms with Crippen LogP contribution in [0.15, 0.2) is 36.4 Å². The van der Waals surface area contributed by atoms with Gasteiger partial charge in [0, 0.05) is 0 Å². The summed E-state index contributed by atoms with van der Waals surface area (Å²) in [6.07, 6.45) is 0.404. The molecule has 0 saturated carbocycles. The van der Waals surface area contributed by atoms with Crippen LogP contribution in [0, 0.1) is 11.6 Å². The van der Waals surface area contributed by atoms with Crippen LogP contribution in [0.5, 0.6) is 0 Å². The van der Waals surface area contributed by atoms with E-state index in [1.54, 1.807) is 18.2 Å². The van der Waals surface area contributed by atoms with Crippen molar-refractivity contribution in [2.24, 2.45) is 5.84 Å². The lowest BCUT2D eigenvalue weighted by molar-refractivity contribution is 0.497. The monoisotopic (exact) mass is 316 g/mol. The molecule has 2 aromatic carbocycles. The zero-order chi connectivity index (χ0) is 14.7. The van der Waals surface area contributed by atoms with Gasteiger partial charge >= 0.3 is 0 Å². The predicted molar refractivity (Wildman–Crippen MR) is 76.6 cm³/mol. The van der Waals surface area contributed by atoms with Crippen molar-refractivity contribution < 1.29 is 8.78 Å². The van der Waals surface area contributed by atoms with E-state index in [2.05, 4.69) is 5.43 Å². The van der Waals surface area contributed by atoms with Crippen molar-refractivity contribution in [1.82, 2.24) is 5.43 Å². The molecule has 0 aliphatic heterocycles. The van der Waals surface area contributed by atoms with Gasteiger partial charge in [0.2, 0.25) is 0 Å². The molecule has 0 spiro atoms. The molecule has 0 aromatic heterocycles. The largest absolute Gasteiger partial charge is 0.271 e. The number of rotatable bonds is 4. The lowest BCUT2D eigenvalue weighted by atomic mass is 9.99. The number of hydrazine groups is 1. The van der Waals surface area contributed by atoms with Crippen LogP contribution in [0.25, 0.3) is 0 Å². The minimum absolute atomic E-state index is 0.402. The number of hydrogen-bond donors (Lipinski definition) is 2. The van der Waals surface area contributed by atoms with Gasteiger partial charge < -0.3 is 0 Å². The zero-order valence-electron chi connectivity index (χ0n) is 10.3. The first-order valence-electron chi connectivity index (χ1n) is 5.87. The first kappa shape index (κ1) is 15.2. The van der Waals surface area contributed by atoms with E-state index in [0.29, 0.717) is 22.0 Å². The van der Waals surface area contributed by atoms with Gasteiger partial charge in [-0.2, -0.15) is 0 Å². The molecule has 1 atom stereocenters. The van der Waals surface area contributed by atoms with Gasteiger partial charge in [-0.25, -0.2) is 8.78 Å². The number of nitrogens with two attached hydrogens (primary N) is 1. The minimum Gasteiger partial charge on any atom is -0.271 e. The number of halogens is 4. The highest BCUT2D eigenvalue weighted by Crippen LogP contribution is 2.29. The van der Waals surface area contributed by atoms with E-state index in [-0.39, 0.29) is 0 Å². The second-order valence-electron chi connectivity index (χ2n) is 4.31. The third-order valence-electron chi connectivity index (χ3n) is 3.00. The molecule has 0 aliphatic rings. The quantitative estimate of drug-likeness (QED) is 0.660. The average molecular weight is 317 g/mol. The van der Waals surface area contributed by atoms with Crippen LogP contribution in [0.2, 0.25) is 10.0 Å². The van der Waals surface area contributed by atoms with E-state index < -0.39 is 17.7 Å². The standard InChI is InChI=1S/C14H12Cl2F2N2/c15-10-3-1-2-9(14(10)16)7-13(20-19)8-4-5-11(17)12(18)6-8/h1-6,13,20H,7,19H2. The zero-order valence-corrected chi connectivity index (χ0v) is 11.8. The summed E-state index contributed by atoms with van der Waals surface area (Å²) < 4.78 is 26.2. The molecule has 0 amide bonds. The molecule has 2 aromatic rings. The number of hydrogen-bond acceptors (Lipinski definition) is 2. The summed E-state index contributed by atoms with van der Waals surface area (Å²) >= 11 is 12.0. The van der Waals surface area contributed by atoms with Gasteiger partial charge in [0.15, 0.2) is 11.6 Å². The van der Waals surface area contributed by atoms with Crippen LogP contribution in [-0.2, 0) is 6.42 Å². The van der Waals surface area contributed by atoms with Crippen molar-refractivity contribution in [3.05, 3.63) is 69.2 Å². The summed E-state index contributed by atoms with van der Waals surface area (Å²) in [7, 11) is 0. The Kier molecular flexibility index (Phi) is 4.94. The molecular formula is C14H12Cl2F2N2. The van der Waals surface area contributed by atoms with Crippen LogP contribution in [-0.4, -0.2) is 0 Å². The Bertz CT molecular complexity index is 620. The van der Waals surface area contributed by atoms with E-state index in [0.717, 1.165) is 17.7 Å². The molecule has 0 fully saturated rings. The third-order valence-corrected chi connectivity index (χ3v) is 3.86. The van der Waals surface area contributed by atoms with Gasteiger partial charge in [-0.05, 0) is 35.7 Å². The van der Waals surface area contributed by atoms with Gasteiger partial charge in [-0.1, -0.05) is 41.4 Å².